The van der Waals surface area contributed by atoms with Gasteiger partial charge in [0.05, 0.1) is 18.3 Å². The predicted octanol–water partition coefficient (Wildman–Crippen LogP) is 2.75. The van der Waals surface area contributed by atoms with E-state index in [0.717, 1.165) is 30.9 Å². The first-order valence-electron chi connectivity index (χ1n) is 8.19. The lowest BCUT2D eigenvalue weighted by atomic mass is 10.1. The second kappa shape index (κ2) is 7.49. The lowest BCUT2D eigenvalue weighted by Gasteiger charge is -2.28. The van der Waals surface area contributed by atoms with E-state index in [-0.39, 0.29) is 12.2 Å². The summed E-state index contributed by atoms with van der Waals surface area (Å²) in [5.41, 5.74) is 3.51. The minimum Gasteiger partial charge on any atom is -0.482 e. The highest BCUT2D eigenvalue weighted by Gasteiger charge is 2.20. The van der Waals surface area contributed by atoms with Crippen LogP contribution in [0.15, 0.2) is 48.5 Å². The van der Waals surface area contributed by atoms with E-state index in [1.54, 1.807) is 6.92 Å². The van der Waals surface area contributed by atoms with Crippen molar-refractivity contribution in [3.05, 3.63) is 59.7 Å². The van der Waals surface area contributed by atoms with Crippen molar-refractivity contribution in [1.82, 2.24) is 5.32 Å². The Morgan fingerprint density at radius 1 is 1.26 bits per heavy atom. The van der Waals surface area contributed by atoms with Crippen molar-refractivity contribution < 1.29 is 9.84 Å². The van der Waals surface area contributed by atoms with Crippen molar-refractivity contribution in [3.8, 4) is 5.75 Å². The fraction of sp³-hybridized carbons (Fsp3) is 0.368. The summed E-state index contributed by atoms with van der Waals surface area (Å²) in [5.74, 6) is 0.908. The molecule has 0 spiro atoms. The van der Waals surface area contributed by atoms with Gasteiger partial charge in [-0.3, -0.25) is 0 Å². The quantitative estimate of drug-likeness (QED) is 0.718. The number of hydrogen-bond donors (Lipinski definition) is 3. The smallest absolute Gasteiger partial charge is 0.143 e. The van der Waals surface area contributed by atoms with Crippen molar-refractivity contribution >= 4 is 5.69 Å². The highest BCUT2D eigenvalue weighted by Crippen LogP contribution is 2.34. The van der Waals surface area contributed by atoms with Crippen molar-refractivity contribution in [2.75, 3.05) is 25.0 Å². The summed E-state index contributed by atoms with van der Waals surface area (Å²) >= 11 is 0. The largest absolute Gasteiger partial charge is 0.482 e. The fourth-order valence-electron chi connectivity index (χ4n) is 2.77. The minimum absolute atomic E-state index is 0.0576. The van der Waals surface area contributed by atoms with Crippen LogP contribution in [0.25, 0.3) is 0 Å². The van der Waals surface area contributed by atoms with Gasteiger partial charge < -0.3 is 20.5 Å². The van der Waals surface area contributed by atoms with Crippen LogP contribution in [0.2, 0.25) is 0 Å². The number of rotatable bonds is 6. The van der Waals surface area contributed by atoms with Crippen molar-refractivity contribution in [3.63, 3.8) is 0 Å². The number of nitrogens with one attached hydrogen (secondary N) is 2. The highest BCUT2D eigenvalue weighted by atomic mass is 16.5. The van der Waals surface area contributed by atoms with Gasteiger partial charge in [-0.2, -0.15) is 0 Å². The summed E-state index contributed by atoms with van der Waals surface area (Å²) in [7, 11) is 0. The normalized spacial score (nSPS) is 17.7. The molecule has 3 rings (SSSR count). The molecule has 122 valence electrons. The highest BCUT2D eigenvalue weighted by molar-refractivity contribution is 5.60. The Balaban J connectivity index is 1.60. The molecular formula is C19H24N2O2. The number of aliphatic hydroxyl groups is 1. The van der Waals surface area contributed by atoms with Gasteiger partial charge in [-0.15, -0.1) is 0 Å². The molecule has 0 saturated heterocycles. The van der Waals surface area contributed by atoms with E-state index in [9.17, 15) is 5.11 Å². The second-order valence-corrected chi connectivity index (χ2v) is 6.03. The third-order valence-corrected chi connectivity index (χ3v) is 3.99. The fourth-order valence-corrected chi connectivity index (χ4v) is 2.77. The third kappa shape index (κ3) is 4.24. The first-order chi connectivity index (χ1) is 11.2. The van der Waals surface area contributed by atoms with Gasteiger partial charge in [0.25, 0.3) is 0 Å². The van der Waals surface area contributed by atoms with Gasteiger partial charge in [-0.25, -0.2) is 0 Å². The molecule has 0 aliphatic carbocycles. The Kier molecular flexibility index (Phi) is 5.16. The van der Waals surface area contributed by atoms with E-state index in [4.69, 9.17) is 4.74 Å². The van der Waals surface area contributed by atoms with E-state index < -0.39 is 0 Å². The van der Waals surface area contributed by atoms with Crippen LogP contribution in [0, 0.1) is 0 Å². The van der Waals surface area contributed by atoms with Crippen LogP contribution in [0.3, 0.4) is 0 Å². The summed E-state index contributed by atoms with van der Waals surface area (Å²) < 4.78 is 6.12. The molecule has 23 heavy (non-hydrogen) atoms. The Morgan fingerprint density at radius 2 is 2.09 bits per heavy atom. The molecule has 0 fully saturated rings. The predicted molar refractivity (Wildman–Crippen MR) is 93.0 cm³/mol. The Morgan fingerprint density at radius 3 is 2.87 bits per heavy atom. The number of fused-ring (bicyclic) bond motifs is 1. The van der Waals surface area contributed by atoms with Crippen LogP contribution >= 0.6 is 0 Å². The maximum atomic E-state index is 9.24. The first-order valence-corrected chi connectivity index (χ1v) is 8.19. The van der Waals surface area contributed by atoms with Crippen LogP contribution in [-0.4, -0.2) is 30.8 Å². The van der Waals surface area contributed by atoms with E-state index in [0.29, 0.717) is 6.54 Å². The van der Waals surface area contributed by atoms with Crippen LogP contribution in [-0.2, 0) is 6.42 Å². The third-order valence-electron chi connectivity index (χ3n) is 3.99. The molecule has 2 aromatic rings. The lowest BCUT2D eigenvalue weighted by molar-refractivity contribution is 0.191. The van der Waals surface area contributed by atoms with E-state index >= 15 is 0 Å². The van der Waals surface area contributed by atoms with Gasteiger partial charge in [0.1, 0.15) is 11.9 Å². The Hall–Kier alpha value is -2.04. The molecular weight excluding hydrogens is 288 g/mol. The molecule has 4 heteroatoms. The number of ether oxygens (including phenoxy) is 1. The number of anilines is 1. The second-order valence-electron chi connectivity index (χ2n) is 6.03. The van der Waals surface area contributed by atoms with Gasteiger partial charge >= 0.3 is 0 Å². The molecule has 4 nitrogen and oxygen atoms in total. The molecule has 3 N–H and O–H groups in total. The van der Waals surface area contributed by atoms with Gasteiger partial charge in [0, 0.05) is 6.54 Å². The molecule has 0 bridgehead atoms. The average Bonchev–Trinajstić information content (AvgIpc) is 2.59. The molecule has 0 saturated carbocycles. The SMILES string of the molecule is CC(O)CNCCc1ccc2c(c1)NCC(c1ccccc1)O2. The number of aliphatic hydroxyl groups excluding tert-OH is 1. The average molecular weight is 312 g/mol. The monoisotopic (exact) mass is 312 g/mol. The summed E-state index contributed by atoms with van der Waals surface area (Å²) in [4.78, 5) is 0. The lowest BCUT2D eigenvalue weighted by Crippen LogP contribution is -2.26. The van der Waals surface area contributed by atoms with Crippen LogP contribution in [0.5, 0.6) is 5.75 Å². The maximum absolute atomic E-state index is 9.24. The zero-order chi connectivity index (χ0) is 16.1. The van der Waals surface area contributed by atoms with E-state index in [2.05, 4.69) is 34.9 Å². The van der Waals surface area contributed by atoms with E-state index in [1.165, 1.54) is 11.1 Å². The Bertz CT molecular complexity index is 629. The molecule has 2 atom stereocenters. The molecule has 1 aliphatic rings. The van der Waals surface area contributed by atoms with Gasteiger partial charge in [0.2, 0.25) is 0 Å². The molecule has 1 aliphatic heterocycles. The zero-order valence-electron chi connectivity index (χ0n) is 13.5. The van der Waals surface area contributed by atoms with Crippen molar-refractivity contribution in [2.24, 2.45) is 0 Å². The molecule has 0 aromatic heterocycles. The maximum Gasteiger partial charge on any atom is 0.143 e. The molecule has 0 radical (unpaired) electrons. The molecule has 0 amide bonds. The van der Waals surface area contributed by atoms with Crippen molar-refractivity contribution in [2.45, 2.75) is 25.6 Å². The topological polar surface area (TPSA) is 53.5 Å². The molecule has 1 heterocycles. The summed E-state index contributed by atoms with van der Waals surface area (Å²) in [6, 6.07) is 16.6. The minimum atomic E-state index is -0.302. The zero-order valence-corrected chi connectivity index (χ0v) is 13.5. The molecule has 2 unspecified atom stereocenters. The van der Waals surface area contributed by atoms with Crippen LogP contribution in [0.1, 0.15) is 24.2 Å². The standard InChI is InChI=1S/C19H24N2O2/c1-14(22)12-20-10-9-15-7-8-18-17(11-15)21-13-19(23-18)16-5-3-2-4-6-16/h2-8,11,14,19-22H,9-10,12-13H2,1H3. The summed E-state index contributed by atoms with van der Waals surface area (Å²) in [5, 5.41) is 16.0. The van der Waals surface area contributed by atoms with Gasteiger partial charge in [-0.1, -0.05) is 36.4 Å². The van der Waals surface area contributed by atoms with E-state index in [1.807, 2.05) is 24.3 Å². The number of hydrogen-bond acceptors (Lipinski definition) is 4. The summed E-state index contributed by atoms with van der Waals surface area (Å²) in [6.07, 6.45) is 0.690. The number of benzene rings is 2. The van der Waals surface area contributed by atoms with Crippen LogP contribution < -0.4 is 15.4 Å². The first kappa shape index (κ1) is 15.8. The van der Waals surface area contributed by atoms with Crippen LogP contribution in [0.4, 0.5) is 5.69 Å². The summed E-state index contributed by atoms with van der Waals surface area (Å²) in [6.45, 7) is 4.05. The Labute approximate surface area is 137 Å². The van der Waals surface area contributed by atoms with Crippen molar-refractivity contribution in [1.29, 1.82) is 0 Å². The van der Waals surface area contributed by atoms with Gasteiger partial charge in [0.15, 0.2) is 0 Å². The van der Waals surface area contributed by atoms with Gasteiger partial charge in [-0.05, 0) is 43.1 Å². The molecule has 2 aromatic carbocycles.